The van der Waals surface area contributed by atoms with Crippen molar-refractivity contribution in [2.24, 2.45) is 0 Å². The van der Waals surface area contributed by atoms with Gasteiger partial charge < -0.3 is 8.97 Å². The van der Waals surface area contributed by atoms with E-state index in [0.717, 1.165) is 55.3 Å². The molecule has 0 aliphatic heterocycles. The Bertz CT molecular complexity index is 2420. The van der Waals surface area contributed by atoms with Crippen LogP contribution in [0.2, 0.25) is 0 Å². The highest BCUT2D eigenvalue weighted by Crippen LogP contribution is 2.40. The fraction of sp³-hybridized carbons (Fsp3) is 0. The first-order valence-electron chi connectivity index (χ1n) is 13.5. The minimum Gasteiger partial charge on any atom is -0.306 e. The predicted octanol–water partition coefficient (Wildman–Crippen LogP) is 8.95. The number of para-hydroxylation sites is 3. The Morgan fingerprint density at radius 1 is 0.550 bits per heavy atom. The third-order valence-corrected chi connectivity index (χ3v) is 8.15. The van der Waals surface area contributed by atoms with Crippen molar-refractivity contribution in [1.29, 1.82) is 0 Å². The van der Waals surface area contributed by atoms with Gasteiger partial charge in [0.1, 0.15) is 0 Å². The standard InChI is InChI=1S/C36H22N4/c1-2-9-24(10-3-1)35-33(21-25-11-4-5-13-28(25)38-35)39-30-14-6-7-15-31(30)40-29-19-20-37-22-27(29)26-18-17-23-12-8-16-32(39)34(23)36(26)40/h1-22H. The molecule has 186 valence electrons. The normalized spacial score (nSPS) is 12.0. The summed E-state index contributed by atoms with van der Waals surface area (Å²) in [5, 5.41) is 5.91. The molecule has 0 N–H and O–H groups in total. The monoisotopic (exact) mass is 510 g/mol. The number of rotatable bonds is 2. The Labute approximate surface area is 229 Å². The van der Waals surface area contributed by atoms with Gasteiger partial charge in [-0.3, -0.25) is 4.98 Å². The van der Waals surface area contributed by atoms with Gasteiger partial charge in [-0.05, 0) is 41.8 Å². The molecule has 0 atom stereocenters. The topological polar surface area (TPSA) is 35.1 Å². The SMILES string of the molecule is c1ccc(-c2nc3ccccc3cc2-n2c3cccc4ccc5c6cnccc6n(c6ccccc62)c5c43)cc1. The number of aromatic nitrogens is 4. The quantitative estimate of drug-likeness (QED) is 0.233. The van der Waals surface area contributed by atoms with Crippen molar-refractivity contribution in [2.45, 2.75) is 0 Å². The lowest BCUT2D eigenvalue weighted by Gasteiger charge is -2.17. The molecule has 0 bridgehead atoms. The lowest BCUT2D eigenvalue weighted by molar-refractivity contribution is 1.15. The van der Waals surface area contributed by atoms with Crippen molar-refractivity contribution in [3.05, 3.63) is 134 Å². The summed E-state index contributed by atoms with van der Waals surface area (Å²) in [6.45, 7) is 0. The Kier molecular flexibility index (Phi) is 4.30. The summed E-state index contributed by atoms with van der Waals surface area (Å²) in [6.07, 6.45) is 3.88. The molecule has 0 aliphatic carbocycles. The molecule has 40 heavy (non-hydrogen) atoms. The van der Waals surface area contributed by atoms with Gasteiger partial charge in [0.2, 0.25) is 0 Å². The maximum absolute atomic E-state index is 5.27. The number of fused-ring (bicyclic) bond motifs is 6. The lowest BCUT2D eigenvalue weighted by Crippen LogP contribution is -2.02. The van der Waals surface area contributed by atoms with Gasteiger partial charge in [0.15, 0.2) is 0 Å². The first-order valence-corrected chi connectivity index (χ1v) is 13.5. The van der Waals surface area contributed by atoms with Gasteiger partial charge in [-0.15, -0.1) is 0 Å². The first-order chi connectivity index (χ1) is 19.9. The number of nitrogens with zero attached hydrogens (tertiary/aromatic N) is 4. The zero-order chi connectivity index (χ0) is 26.2. The van der Waals surface area contributed by atoms with Crippen molar-refractivity contribution < 1.29 is 0 Å². The molecule has 0 aliphatic rings. The maximum atomic E-state index is 5.27. The number of benzene rings is 5. The fourth-order valence-electron chi connectivity index (χ4n) is 6.45. The average molecular weight is 511 g/mol. The molecule has 4 heterocycles. The van der Waals surface area contributed by atoms with Crippen LogP contribution in [0.5, 0.6) is 0 Å². The minimum absolute atomic E-state index is 0.957. The van der Waals surface area contributed by atoms with Crippen molar-refractivity contribution in [3.63, 3.8) is 0 Å². The first kappa shape index (κ1) is 21.5. The van der Waals surface area contributed by atoms with Gasteiger partial charge in [0, 0.05) is 39.5 Å². The van der Waals surface area contributed by atoms with Gasteiger partial charge in [-0.25, -0.2) is 4.98 Å². The highest BCUT2D eigenvalue weighted by Gasteiger charge is 2.20. The molecular weight excluding hydrogens is 488 g/mol. The fourth-order valence-corrected chi connectivity index (χ4v) is 6.45. The van der Waals surface area contributed by atoms with Crippen LogP contribution < -0.4 is 0 Å². The minimum atomic E-state index is 0.957. The summed E-state index contributed by atoms with van der Waals surface area (Å²) in [6, 6.07) is 43.1. The van der Waals surface area contributed by atoms with Crippen LogP contribution >= 0.6 is 0 Å². The van der Waals surface area contributed by atoms with Crippen LogP contribution in [0.15, 0.2) is 134 Å². The molecule has 0 amide bonds. The van der Waals surface area contributed by atoms with Gasteiger partial charge in [-0.1, -0.05) is 84.9 Å². The molecule has 0 fully saturated rings. The zero-order valence-electron chi connectivity index (χ0n) is 21.5. The molecule has 0 radical (unpaired) electrons. The van der Waals surface area contributed by atoms with Gasteiger partial charge >= 0.3 is 0 Å². The third kappa shape index (κ3) is 2.85. The Hall–Kier alpha value is -5.48. The summed E-state index contributed by atoms with van der Waals surface area (Å²) >= 11 is 0. The van der Waals surface area contributed by atoms with Gasteiger partial charge in [0.05, 0.1) is 44.5 Å². The van der Waals surface area contributed by atoms with Gasteiger partial charge in [0.25, 0.3) is 0 Å². The average Bonchev–Trinajstić information content (AvgIpc) is 3.29. The highest BCUT2D eigenvalue weighted by atomic mass is 15.0. The lowest BCUT2D eigenvalue weighted by atomic mass is 10.0. The Balaban J connectivity index is 1.60. The van der Waals surface area contributed by atoms with E-state index in [2.05, 4.69) is 135 Å². The van der Waals surface area contributed by atoms with Crippen LogP contribution in [0.25, 0.3) is 77.0 Å². The van der Waals surface area contributed by atoms with E-state index in [4.69, 9.17) is 4.98 Å². The molecule has 4 nitrogen and oxygen atoms in total. The van der Waals surface area contributed by atoms with E-state index in [1.165, 1.54) is 21.7 Å². The smallest absolute Gasteiger partial charge is 0.0950 e. The van der Waals surface area contributed by atoms with E-state index in [-0.39, 0.29) is 0 Å². The van der Waals surface area contributed by atoms with Crippen molar-refractivity contribution >= 4 is 60.0 Å². The van der Waals surface area contributed by atoms with Crippen LogP contribution in [0.1, 0.15) is 0 Å². The zero-order valence-corrected chi connectivity index (χ0v) is 21.5. The second-order valence-corrected chi connectivity index (χ2v) is 10.3. The molecule has 0 unspecified atom stereocenters. The third-order valence-electron chi connectivity index (χ3n) is 8.15. The van der Waals surface area contributed by atoms with Crippen LogP contribution in [0.3, 0.4) is 0 Å². The molecule has 4 heteroatoms. The van der Waals surface area contributed by atoms with Crippen LogP contribution in [0.4, 0.5) is 0 Å². The number of pyridine rings is 2. The maximum Gasteiger partial charge on any atom is 0.0950 e. The predicted molar refractivity (Wildman–Crippen MR) is 165 cm³/mol. The summed E-state index contributed by atoms with van der Waals surface area (Å²) in [5.41, 5.74) is 9.82. The highest BCUT2D eigenvalue weighted by molar-refractivity contribution is 6.23. The molecular formula is C36H22N4. The molecule has 4 aromatic heterocycles. The number of hydrogen-bond donors (Lipinski definition) is 0. The van der Waals surface area contributed by atoms with E-state index in [0.29, 0.717) is 0 Å². The second kappa shape index (κ2) is 8.01. The van der Waals surface area contributed by atoms with Crippen LogP contribution in [-0.2, 0) is 0 Å². The Morgan fingerprint density at radius 3 is 2.25 bits per heavy atom. The Morgan fingerprint density at radius 2 is 1.32 bits per heavy atom. The van der Waals surface area contributed by atoms with E-state index >= 15 is 0 Å². The van der Waals surface area contributed by atoms with Crippen molar-refractivity contribution in [3.8, 4) is 16.9 Å². The van der Waals surface area contributed by atoms with Crippen molar-refractivity contribution in [1.82, 2.24) is 18.9 Å². The number of hydrogen-bond acceptors (Lipinski definition) is 2. The molecule has 0 saturated heterocycles. The summed E-state index contributed by atoms with van der Waals surface area (Å²) in [5.74, 6) is 0. The van der Waals surface area contributed by atoms with Gasteiger partial charge in [-0.2, -0.15) is 0 Å². The molecule has 5 aromatic carbocycles. The summed E-state index contributed by atoms with van der Waals surface area (Å²) < 4.78 is 4.84. The molecule has 9 rings (SSSR count). The van der Waals surface area contributed by atoms with Crippen LogP contribution in [-0.4, -0.2) is 18.9 Å². The van der Waals surface area contributed by atoms with Crippen LogP contribution in [0, 0.1) is 0 Å². The van der Waals surface area contributed by atoms with E-state index < -0.39 is 0 Å². The molecule has 0 spiro atoms. The van der Waals surface area contributed by atoms with E-state index in [1.54, 1.807) is 0 Å². The molecule has 0 saturated carbocycles. The summed E-state index contributed by atoms with van der Waals surface area (Å²) in [7, 11) is 0. The largest absolute Gasteiger partial charge is 0.306 e. The van der Waals surface area contributed by atoms with Crippen molar-refractivity contribution in [2.75, 3.05) is 0 Å². The summed E-state index contributed by atoms with van der Waals surface area (Å²) in [4.78, 5) is 9.76. The second-order valence-electron chi connectivity index (χ2n) is 10.3. The van der Waals surface area contributed by atoms with E-state index in [1.807, 2.05) is 12.4 Å². The van der Waals surface area contributed by atoms with E-state index in [9.17, 15) is 0 Å². The molecule has 9 aromatic rings.